The molecule has 0 fully saturated rings. The Balaban J connectivity index is 1.84. The standard InChI is InChI=1S/C23H18F3N5O3S/c1-13-18(21(34)31(29(13)2)15-8-4-3-5-9-15)27-12-17-19(32)28-22(35)30(20(17)33)16-10-6-7-14(11-16)23(24,25)26/h3-12,33H,1-2H3,(H,28,32,35). The van der Waals surface area contributed by atoms with Crippen LogP contribution in [0.1, 0.15) is 16.8 Å². The number of para-hydroxylation sites is 1. The first-order valence-electron chi connectivity index (χ1n) is 10.1. The fourth-order valence-electron chi connectivity index (χ4n) is 3.55. The average molecular weight is 501 g/mol. The Morgan fingerprint density at radius 2 is 1.71 bits per heavy atom. The molecule has 0 radical (unpaired) electrons. The number of hydrogen-bond donors (Lipinski definition) is 2. The summed E-state index contributed by atoms with van der Waals surface area (Å²) in [4.78, 5) is 32.0. The molecule has 0 saturated heterocycles. The van der Waals surface area contributed by atoms with Crippen LogP contribution in [-0.2, 0) is 13.2 Å². The van der Waals surface area contributed by atoms with Gasteiger partial charge in [0.1, 0.15) is 5.56 Å². The van der Waals surface area contributed by atoms with Crippen molar-refractivity contribution in [2.75, 3.05) is 0 Å². The number of nitrogens with one attached hydrogen (secondary N) is 1. The van der Waals surface area contributed by atoms with E-state index in [1.54, 1.807) is 49.0 Å². The van der Waals surface area contributed by atoms with Crippen LogP contribution >= 0.6 is 12.2 Å². The largest absolute Gasteiger partial charge is 0.494 e. The van der Waals surface area contributed by atoms with E-state index in [2.05, 4.69) is 9.98 Å². The van der Waals surface area contributed by atoms with Crippen LogP contribution in [-0.4, -0.2) is 30.2 Å². The minimum Gasteiger partial charge on any atom is -0.494 e. The summed E-state index contributed by atoms with van der Waals surface area (Å²) in [5.74, 6) is -0.723. The van der Waals surface area contributed by atoms with Crippen LogP contribution < -0.4 is 11.1 Å². The quantitative estimate of drug-likeness (QED) is 0.324. The number of nitrogens with zero attached hydrogens (tertiary/aromatic N) is 4. The molecule has 0 saturated carbocycles. The summed E-state index contributed by atoms with van der Waals surface area (Å²) in [5, 5.41) is 10.8. The molecule has 8 nitrogen and oxygen atoms in total. The molecule has 12 heteroatoms. The van der Waals surface area contributed by atoms with E-state index in [0.29, 0.717) is 11.4 Å². The Labute approximate surface area is 200 Å². The molecule has 0 unspecified atom stereocenters. The van der Waals surface area contributed by atoms with Gasteiger partial charge in [-0.2, -0.15) is 13.2 Å². The van der Waals surface area contributed by atoms with Gasteiger partial charge in [0.05, 0.1) is 22.6 Å². The van der Waals surface area contributed by atoms with Gasteiger partial charge in [-0.15, -0.1) is 0 Å². The maximum Gasteiger partial charge on any atom is 0.416 e. The molecule has 0 aliphatic rings. The lowest BCUT2D eigenvalue weighted by atomic mass is 10.2. The summed E-state index contributed by atoms with van der Waals surface area (Å²) >= 11 is 5.06. The molecule has 0 aliphatic heterocycles. The first kappa shape index (κ1) is 24.0. The molecule has 180 valence electrons. The van der Waals surface area contributed by atoms with Crippen molar-refractivity contribution in [2.45, 2.75) is 13.1 Å². The second-order valence-corrected chi connectivity index (χ2v) is 7.94. The predicted octanol–water partition coefficient (Wildman–Crippen LogP) is 4.17. The topological polar surface area (TPSA) is 97.3 Å². The lowest BCUT2D eigenvalue weighted by Crippen LogP contribution is -2.19. The molecular weight excluding hydrogens is 483 g/mol. The van der Waals surface area contributed by atoms with E-state index >= 15 is 0 Å². The maximum absolute atomic E-state index is 13.2. The monoisotopic (exact) mass is 501 g/mol. The molecule has 0 atom stereocenters. The van der Waals surface area contributed by atoms with Crippen LogP contribution in [0.5, 0.6) is 5.88 Å². The van der Waals surface area contributed by atoms with Gasteiger partial charge in [0.2, 0.25) is 5.88 Å². The number of halogens is 3. The summed E-state index contributed by atoms with van der Waals surface area (Å²) in [6.45, 7) is 1.66. The molecule has 2 aromatic heterocycles. The van der Waals surface area contributed by atoms with E-state index in [-0.39, 0.29) is 21.7 Å². The maximum atomic E-state index is 13.2. The summed E-state index contributed by atoms with van der Waals surface area (Å²) in [6.07, 6.45) is -3.64. The molecule has 2 aromatic carbocycles. The van der Waals surface area contributed by atoms with Crippen molar-refractivity contribution in [3.05, 3.63) is 96.9 Å². The van der Waals surface area contributed by atoms with Crippen LogP contribution in [0, 0.1) is 11.7 Å². The van der Waals surface area contributed by atoms with Gasteiger partial charge in [-0.3, -0.25) is 23.8 Å². The number of aromatic amines is 1. The second-order valence-electron chi connectivity index (χ2n) is 7.55. The third-order valence-electron chi connectivity index (χ3n) is 5.40. The van der Waals surface area contributed by atoms with Gasteiger partial charge >= 0.3 is 6.18 Å². The van der Waals surface area contributed by atoms with Crippen molar-refractivity contribution in [1.82, 2.24) is 18.9 Å². The Hall–Kier alpha value is -4.19. The third-order valence-corrected chi connectivity index (χ3v) is 5.68. The second kappa shape index (κ2) is 8.87. The Morgan fingerprint density at radius 1 is 1.06 bits per heavy atom. The van der Waals surface area contributed by atoms with Gasteiger partial charge in [-0.1, -0.05) is 24.3 Å². The zero-order valence-electron chi connectivity index (χ0n) is 18.4. The number of H-pyrrole nitrogens is 1. The van der Waals surface area contributed by atoms with Gasteiger partial charge < -0.3 is 5.11 Å². The molecule has 0 spiro atoms. The zero-order chi connectivity index (χ0) is 25.5. The van der Waals surface area contributed by atoms with Crippen LogP contribution in [0.3, 0.4) is 0 Å². The van der Waals surface area contributed by atoms with Crippen molar-refractivity contribution < 1.29 is 18.3 Å². The number of aliphatic imine (C=N–C) groups is 1. The number of rotatable bonds is 4. The zero-order valence-corrected chi connectivity index (χ0v) is 19.2. The van der Waals surface area contributed by atoms with Crippen LogP contribution in [0.2, 0.25) is 0 Å². The Bertz CT molecular complexity index is 1630. The van der Waals surface area contributed by atoms with Crippen molar-refractivity contribution in [3.63, 3.8) is 0 Å². The molecule has 4 aromatic rings. The average Bonchev–Trinajstić information content (AvgIpc) is 3.01. The van der Waals surface area contributed by atoms with E-state index in [9.17, 15) is 27.9 Å². The molecule has 0 aliphatic carbocycles. The molecule has 2 N–H and O–H groups in total. The first-order valence-corrected chi connectivity index (χ1v) is 10.6. The lowest BCUT2D eigenvalue weighted by molar-refractivity contribution is -0.137. The van der Waals surface area contributed by atoms with Gasteiger partial charge in [-0.05, 0) is 49.5 Å². The normalized spacial score (nSPS) is 11.9. The minimum atomic E-state index is -4.62. The van der Waals surface area contributed by atoms with Gasteiger partial charge in [0.25, 0.3) is 11.1 Å². The van der Waals surface area contributed by atoms with Crippen LogP contribution in [0.4, 0.5) is 18.9 Å². The number of hydrogen-bond acceptors (Lipinski definition) is 5. The molecule has 0 bridgehead atoms. The molecule has 4 rings (SSSR count). The highest BCUT2D eigenvalue weighted by molar-refractivity contribution is 7.71. The van der Waals surface area contributed by atoms with E-state index in [1.165, 1.54) is 10.7 Å². The highest BCUT2D eigenvalue weighted by Gasteiger charge is 2.30. The number of aromatic nitrogens is 4. The van der Waals surface area contributed by atoms with E-state index < -0.39 is 28.7 Å². The summed E-state index contributed by atoms with van der Waals surface area (Å²) in [5.41, 5.74) is -1.65. The fourth-order valence-corrected chi connectivity index (χ4v) is 3.83. The minimum absolute atomic E-state index is 0.0169. The van der Waals surface area contributed by atoms with Crippen LogP contribution in [0.25, 0.3) is 11.4 Å². The SMILES string of the molecule is Cc1c(N=Cc2c(O)n(-c3cccc(C(F)(F)F)c3)c(=S)[nH]c2=O)c(=O)n(-c2ccccc2)n1C. The van der Waals surface area contributed by atoms with Crippen molar-refractivity contribution in [2.24, 2.45) is 12.0 Å². The molecular formula is C23H18F3N5O3S. The number of aromatic hydroxyl groups is 1. The summed E-state index contributed by atoms with van der Waals surface area (Å²) in [7, 11) is 1.67. The molecule has 0 amide bonds. The van der Waals surface area contributed by atoms with Crippen LogP contribution in [0.15, 0.2) is 69.2 Å². The summed E-state index contributed by atoms with van der Waals surface area (Å²) < 4.78 is 43.0. The Kier molecular flexibility index (Phi) is 6.07. The first-order chi connectivity index (χ1) is 16.5. The number of benzene rings is 2. The highest BCUT2D eigenvalue weighted by atomic mass is 32.1. The predicted molar refractivity (Wildman–Crippen MR) is 127 cm³/mol. The van der Waals surface area contributed by atoms with Crippen molar-refractivity contribution in [3.8, 4) is 17.3 Å². The lowest BCUT2D eigenvalue weighted by Gasteiger charge is -2.13. The smallest absolute Gasteiger partial charge is 0.416 e. The van der Waals surface area contributed by atoms with Crippen molar-refractivity contribution in [1.29, 1.82) is 0 Å². The highest BCUT2D eigenvalue weighted by Crippen LogP contribution is 2.31. The van der Waals surface area contributed by atoms with E-state index in [0.717, 1.165) is 29.0 Å². The molecule has 2 heterocycles. The van der Waals surface area contributed by atoms with E-state index in [4.69, 9.17) is 12.2 Å². The third kappa shape index (κ3) is 4.35. The summed E-state index contributed by atoms with van der Waals surface area (Å²) in [6, 6.07) is 12.9. The fraction of sp³-hybridized carbons (Fsp3) is 0.130. The number of alkyl halides is 3. The van der Waals surface area contributed by atoms with E-state index in [1.807, 2.05) is 0 Å². The van der Waals surface area contributed by atoms with Gasteiger partial charge in [0.15, 0.2) is 10.5 Å². The van der Waals surface area contributed by atoms with Gasteiger partial charge in [0, 0.05) is 13.3 Å². The molecule has 35 heavy (non-hydrogen) atoms. The van der Waals surface area contributed by atoms with Crippen molar-refractivity contribution >= 4 is 24.1 Å². The Morgan fingerprint density at radius 3 is 2.37 bits per heavy atom. The van der Waals surface area contributed by atoms with Gasteiger partial charge in [-0.25, -0.2) is 9.67 Å².